The number of para-hydroxylation sites is 1. The number of hydrogen-bond donors (Lipinski definition) is 1. The van der Waals surface area contributed by atoms with Crippen molar-refractivity contribution in [3.63, 3.8) is 0 Å². The minimum Gasteiger partial charge on any atom is -0.492 e. The maximum Gasteiger partial charge on any atom is 0.193 e. The summed E-state index contributed by atoms with van der Waals surface area (Å²) < 4.78 is 7.95. The molecule has 6 nitrogen and oxygen atoms in total. The number of halogens is 1. The van der Waals surface area contributed by atoms with Crippen LogP contribution >= 0.6 is 24.0 Å². The van der Waals surface area contributed by atoms with Gasteiger partial charge in [0.2, 0.25) is 0 Å². The fourth-order valence-electron chi connectivity index (χ4n) is 2.61. The van der Waals surface area contributed by atoms with E-state index in [2.05, 4.69) is 26.7 Å². The Labute approximate surface area is 180 Å². The average molecular weight is 485 g/mol. The van der Waals surface area contributed by atoms with Crippen molar-refractivity contribution in [3.05, 3.63) is 48.5 Å². The maximum atomic E-state index is 5.77. The van der Waals surface area contributed by atoms with Gasteiger partial charge in [0.05, 0.1) is 6.54 Å². The summed E-state index contributed by atoms with van der Waals surface area (Å²) in [5.74, 6) is 2.90. The summed E-state index contributed by atoms with van der Waals surface area (Å²) in [7, 11) is 2.05. The molecule has 0 spiro atoms. The van der Waals surface area contributed by atoms with Crippen LogP contribution in [0.3, 0.4) is 0 Å². The van der Waals surface area contributed by atoms with Gasteiger partial charge in [0.25, 0.3) is 0 Å². The monoisotopic (exact) mass is 485 g/mol. The largest absolute Gasteiger partial charge is 0.492 e. The van der Waals surface area contributed by atoms with E-state index in [1.165, 1.54) is 0 Å². The fourth-order valence-corrected chi connectivity index (χ4v) is 2.61. The second kappa shape index (κ2) is 13.4. The SMILES string of the molecule is CCNC(=NCCCCn1ccnc1C)N(C)CCOc1ccccc1.I. The van der Waals surface area contributed by atoms with Crippen molar-refractivity contribution >= 4 is 29.9 Å². The van der Waals surface area contributed by atoms with Crippen molar-refractivity contribution in [3.8, 4) is 5.75 Å². The van der Waals surface area contributed by atoms with Crippen LogP contribution in [0.1, 0.15) is 25.6 Å². The van der Waals surface area contributed by atoms with Gasteiger partial charge in [-0.05, 0) is 38.8 Å². The molecular formula is C20H32IN5O. The highest BCUT2D eigenvalue weighted by molar-refractivity contribution is 14.0. The van der Waals surface area contributed by atoms with E-state index in [0.29, 0.717) is 6.61 Å². The molecule has 0 unspecified atom stereocenters. The van der Waals surface area contributed by atoms with Gasteiger partial charge in [-0.2, -0.15) is 0 Å². The van der Waals surface area contributed by atoms with Crippen LogP contribution in [0.4, 0.5) is 0 Å². The molecule has 150 valence electrons. The Kier molecular flexibility index (Phi) is 11.6. The molecule has 0 amide bonds. The molecular weight excluding hydrogens is 453 g/mol. The Morgan fingerprint density at radius 3 is 2.70 bits per heavy atom. The molecule has 1 heterocycles. The highest BCUT2D eigenvalue weighted by Crippen LogP contribution is 2.07. The van der Waals surface area contributed by atoms with E-state index < -0.39 is 0 Å². The second-order valence-electron chi connectivity index (χ2n) is 6.19. The van der Waals surface area contributed by atoms with E-state index in [0.717, 1.165) is 56.6 Å². The number of guanidine groups is 1. The van der Waals surface area contributed by atoms with Gasteiger partial charge in [-0.25, -0.2) is 4.98 Å². The molecule has 0 bridgehead atoms. The summed E-state index contributed by atoms with van der Waals surface area (Å²) in [6, 6.07) is 9.90. The highest BCUT2D eigenvalue weighted by Gasteiger charge is 2.05. The molecule has 1 aromatic carbocycles. The zero-order valence-electron chi connectivity index (χ0n) is 16.6. The van der Waals surface area contributed by atoms with Crippen LogP contribution in [0.25, 0.3) is 0 Å². The third-order valence-corrected chi connectivity index (χ3v) is 4.13. The number of imidazole rings is 1. The summed E-state index contributed by atoms with van der Waals surface area (Å²) in [5.41, 5.74) is 0. The van der Waals surface area contributed by atoms with Gasteiger partial charge in [0.1, 0.15) is 18.2 Å². The van der Waals surface area contributed by atoms with Gasteiger partial charge in [-0.3, -0.25) is 4.99 Å². The lowest BCUT2D eigenvalue weighted by atomic mass is 10.3. The summed E-state index contributed by atoms with van der Waals surface area (Å²) in [4.78, 5) is 11.1. The average Bonchev–Trinajstić information content (AvgIpc) is 3.06. The molecule has 1 aromatic heterocycles. The minimum atomic E-state index is 0. The van der Waals surface area contributed by atoms with Gasteiger partial charge in [0.15, 0.2) is 5.96 Å². The van der Waals surface area contributed by atoms with Gasteiger partial charge < -0.3 is 19.5 Å². The van der Waals surface area contributed by atoms with Crippen LogP contribution in [0.2, 0.25) is 0 Å². The molecule has 2 aromatic rings. The molecule has 0 saturated carbocycles. The van der Waals surface area contributed by atoms with Crippen molar-refractivity contribution in [1.82, 2.24) is 19.8 Å². The lowest BCUT2D eigenvalue weighted by Crippen LogP contribution is -2.41. The molecule has 0 aliphatic rings. The molecule has 1 N–H and O–H groups in total. The van der Waals surface area contributed by atoms with E-state index in [9.17, 15) is 0 Å². The molecule has 0 radical (unpaired) electrons. The smallest absolute Gasteiger partial charge is 0.193 e. The molecule has 0 aliphatic carbocycles. The van der Waals surface area contributed by atoms with Crippen LogP contribution in [0.5, 0.6) is 5.75 Å². The molecule has 27 heavy (non-hydrogen) atoms. The second-order valence-corrected chi connectivity index (χ2v) is 6.19. The van der Waals surface area contributed by atoms with E-state index in [-0.39, 0.29) is 24.0 Å². The molecule has 0 aliphatic heterocycles. The number of hydrogen-bond acceptors (Lipinski definition) is 3. The Morgan fingerprint density at radius 1 is 1.26 bits per heavy atom. The van der Waals surface area contributed by atoms with E-state index in [1.807, 2.05) is 56.7 Å². The van der Waals surface area contributed by atoms with Crippen LogP contribution in [-0.2, 0) is 6.54 Å². The zero-order valence-corrected chi connectivity index (χ0v) is 18.9. The number of aliphatic imine (C=N–C) groups is 1. The van der Waals surface area contributed by atoms with Gasteiger partial charge in [-0.1, -0.05) is 18.2 Å². The predicted octanol–water partition coefficient (Wildman–Crippen LogP) is 3.57. The standard InChI is InChI=1S/C20H31N5O.HI/c1-4-21-20(23-12-8-9-14-25-15-13-22-18(25)2)24(3)16-17-26-19-10-6-5-7-11-19;/h5-7,10-11,13,15H,4,8-9,12,14,16-17H2,1-3H3,(H,21,23);1H. The van der Waals surface area contributed by atoms with Crippen LogP contribution in [0, 0.1) is 6.92 Å². The number of benzene rings is 1. The topological polar surface area (TPSA) is 54.7 Å². The first-order valence-electron chi connectivity index (χ1n) is 9.35. The first-order chi connectivity index (χ1) is 12.7. The Bertz CT molecular complexity index is 659. The number of ether oxygens (including phenoxy) is 1. The number of aromatic nitrogens is 2. The van der Waals surface area contributed by atoms with Crippen molar-refractivity contribution in [2.75, 3.05) is 33.3 Å². The van der Waals surface area contributed by atoms with Crippen molar-refractivity contribution in [2.24, 2.45) is 4.99 Å². The highest BCUT2D eigenvalue weighted by atomic mass is 127. The Morgan fingerprint density at radius 2 is 2.04 bits per heavy atom. The zero-order chi connectivity index (χ0) is 18.6. The Hall–Kier alpha value is -1.77. The molecule has 0 atom stereocenters. The number of aryl methyl sites for hydroxylation is 2. The van der Waals surface area contributed by atoms with Crippen molar-refractivity contribution < 1.29 is 4.74 Å². The van der Waals surface area contributed by atoms with Gasteiger partial charge in [-0.15, -0.1) is 24.0 Å². The number of unbranched alkanes of at least 4 members (excludes halogenated alkanes) is 1. The first kappa shape index (κ1) is 23.3. The van der Waals surface area contributed by atoms with Crippen molar-refractivity contribution in [1.29, 1.82) is 0 Å². The van der Waals surface area contributed by atoms with E-state index in [1.54, 1.807) is 0 Å². The van der Waals surface area contributed by atoms with E-state index >= 15 is 0 Å². The van der Waals surface area contributed by atoms with Gasteiger partial charge in [0, 0.05) is 39.1 Å². The molecule has 2 rings (SSSR count). The lowest BCUT2D eigenvalue weighted by Gasteiger charge is -2.22. The molecule has 0 saturated heterocycles. The summed E-state index contributed by atoms with van der Waals surface area (Å²) in [6.07, 6.45) is 6.04. The Balaban J connectivity index is 0.00000364. The lowest BCUT2D eigenvalue weighted by molar-refractivity contribution is 0.281. The van der Waals surface area contributed by atoms with Crippen LogP contribution in [0.15, 0.2) is 47.7 Å². The minimum absolute atomic E-state index is 0. The fraction of sp³-hybridized carbons (Fsp3) is 0.500. The normalized spacial score (nSPS) is 11.0. The third-order valence-electron chi connectivity index (χ3n) is 4.13. The number of nitrogens with zero attached hydrogens (tertiary/aromatic N) is 4. The molecule has 0 fully saturated rings. The van der Waals surface area contributed by atoms with Crippen LogP contribution < -0.4 is 10.1 Å². The quantitative estimate of drug-likeness (QED) is 0.242. The summed E-state index contributed by atoms with van der Waals surface area (Å²) in [5, 5.41) is 3.35. The van der Waals surface area contributed by atoms with Gasteiger partial charge >= 0.3 is 0 Å². The van der Waals surface area contributed by atoms with Crippen LogP contribution in [-0.4, -0.2) is 53.7 Å². The first-order valence-corrected chi connectivity index (χ1v) is 9.35. The predicted molar refractivity (Wildman–Crippen MR) is 122 cm³/mol. The number of rotatable bonds is 10. The third kappa shape index (κ3) is 8.64. The maximum absolute atomic E-state index is 5.77. The molecule has 7 heteroatoms. The van der Waals surface area contributed by atoms with Crippen molar-refractivity contribution in [2.45, 2.75) is 33.2 Å². The number of likely N-dealkylation sites (N-methyl/N-ethyl adjacent to an activating group) is 1. The number of nitrogens with one attached hydrogen (secondary N) is 1. The summed E-state index contributed by atoms with van der Waals surface area (Å²) >= 11 is 0. The summed E-state index contributed by atoms with van der Waals surface area (Å²) in [6.45, 7) is 8.22. The van der Waals surface area contributed by atoms with E-state index in [4.69, 9.17) is 9.73 Å².